The third kappa shape index (κ3) is 3.17. The van der Waals surface area contributed by atoms with Crippen molar-refractivity contribution in [2.45, 2.75) is 25.3 Å². The number of fused-ring (bicyclic) bond motifs is 1. The second-order valence-corrected chi connectivity index (χ2v) is 8.36. The van der Waals surface area contributed by atoms with Crippen LogP contribution in [0.4, 0.5) is 0 Å². The van der Waals surface area contributed by atoms with Gasteiger partial charge in [-0.25, -0.2) is 9.97 Å². The number of para-hydroxylation sites is 2. The minimum atomic E-state index is 0.0277. The van der Waals surface area contributed by atoms with Crippen molar-refractivity contribution in [1.29, 1.82) is 0 Å². The lowest BCUT2D eigenvalue weighted by Crippen LogP contribution is -2.32. The number of nitrogens with one attached hydrogen (secondary N) is 1. The highest BCUT2D eigenvalue weighted by atomic mass is 32.1. The fraction of sp³-hybridized carbons (Fsp3) is 0.250. The summed E-state index contributed by atoms with van der Waals surface area (Å²) >= 11 is 3.26. The fourth-order valence-electron chi connectivity index (χ4n) is 3.64. The Labute approximate surface area is 164 Å². The summed E-state index contributed by atoms with van der Waals surface area (Å²) < 4.78 is 0. The average Bonchev–Trinajstić information content (AvgIpc) is 3.47. The molecule has 7 heteroatoms. The SMILES string of the molecule is O=C(Cc1csc(-c2ccsc2)n1)N1CCC[C@@H]1c1nc2ccccc2[nH]1. The van der Waals surface area contributed by atoms with E-state index in [0.29, 0.717) is 6.42 Å². The first kappa shape index (κ1) is 16.6. The van der Waals surface area contributed by atoms with Gasteiger partial charge in [-0.1, -0.05) is 12.1 Å². The minimum Gasteiger partial charge on any atom is -0.340 e. The van der Waals surface area contributed by atoms with Gasteiger partial charge in [0, 0.05) is 22.9 Å². The van der Waals surface area contributed by atoms with Crippen LogP contribution in [-0.2, 0) is 11.2 Å². The number of likely N-dealkylation sites (tertiary alicyclic amines) is 1. The molecule has 0 saturated carbocycles. The Morgan fingerprint density at radius 2 is 2.15 bits per heavy atom. The maximum Gasteiger partial charge on any atom is 0.229 e. The van der Waals surface area contributed by atoms with E-state index in [4.69, 9.17) is 4.98 Å². The van der Waals surface area contributed by atoms with E-state index in [2.05, 4.69) is 21.4 Å². The Hall–Kier alpha value is -2.51. The molecule has 1 amide bonds. The van der Waals surface area contributed by atoms with Crippen LogP contribution in [0.2, 0.25) is 0 Å². The topological polar surface area (TPSA) is 61.9 Å². The van der Waals surface area contributed by atoms with E-state index >= 15 is 0 Å². The number of H-pyrrole nitrogens is 1. The van der Waals surface area contributed by atoms with Crippen molar-refractivity contribution in [2.75, 3.05) is 6.54 Å². The molecule has 1 atom stereocenters. The number of thiazole rings is 1. The summed E-state index contributed by atoms with van der Waals surface area (Å²) in [4.78, 5) is 27.7. The van der Waals surface area contributed by atoms with Crippen LogP contribution < -0.4 is 0 Å². The Morgan fingerprint density at radius 3 is 3.00 bits per heavy atom. The predicted octanol–water partition coefficient (Wildman–Crippen LogP) is 4.65. The van der Waals surface area contributed by atoms with E-state index in [-0.39, 0.29) is 11.9 Å². The molecule has 5 nitrogen and oxygen atoms in total. The maximum absolute atomic E-state index is 13.0. The van der Waals surface area contributed by atoms with Crippen LogP contribution >= 0.6 is 22.7 Å². The van der Waals surface area contributed by atoms with Gasteiger partial charge in [-0.15, -0.1) is 11.3 Å². The lowest BCUT2D eigenvalue weighted by Gasteiger charge is -2.22. The van der Waals surface area contributed by atoms with Gasteiger partial charge < -0.3 is 9.88 Å². The first-order valence-corrected chi connectivity index (χ1v) is 10.8. The number of benzene rings is 1. The Balaban J connectivity index is 1.34. The summed E-state index contributed by atoms with van der Waals surface area (Å²) in [6.45, 7) is 0.780. The molecule has 1 N–H and O–H groups in total. The van der Waals surface area contributed by atoms with Crippen LogP contribution in [0.25, 0.3) is 21.6 Å². The number of amides is 1. The number of aromatic amines is 1. The molecule has 27 heavy (non-hydrogen) atoms. The van der Waals surface area contributed by atoms with E-state index in [1.165, 1.54) is 0 Å². The zero-order chi connectivity index (χ0) is 18.2. The summed E-state index contributed by atoms with van der Waals surface area (Å²) in [7, 11) is 0. The quantitative estimate of drug-likeness (QED) is 0.548. The largest absolute Gasteiger partial charge is 0.340 e. The van der Waals surface area contributed by atoms with Gasteiger partial charge >= 0.3 is 0 Å². The molecule has 1 fully saturated rings. The minimum absolute atomic E-state index is 0.0277. The second kappa shape index (κ2) is 6.90. The monoisotopic (exact) mass is 394 g/mol. The molecule has 0 spiro atoms. The third-order valence-corrected chi connectivity index (χ3v) is 6.57. The van der Waals surface area contributed by atoms with E-state index in [9.17, 15) is 4.79 Å². The zero-order valence-corrected chi connectivity index (χ0v) is 16.2. The predicted molar refractivity (Wildman–Crippen MR) is 109 cm³/mol. The average molecular weight is 395 g/mol. The molecule has 4 aromatic rings. The third-order valence-electron chi connectivity index (χ3n) is 4.95. The first-order chi connectivity index (χ1) is 13.3. The number of hydrogen-bond acceptors (Lipinski definition) is 5. The summed E-state index contributed by atoms with van der Waals surface area (Å²) in [6.07, 6.45) is 2.30. The van der Waals surface area contributed by atoms with Gasteiger partial charge in [0.15, 0.2) is 0 Å². The fourth-order valence-corrected chi connectivity index (χ4v) is 5.18. The molecule has 0 unspecified atom stereocenters. The number of rotatable bonds is 4. The number of carbonyl (C=O) groups is 1. The zero-order valence-electron chi connectivity index (χ0n) is 14.6. The molecule has 1 aromatic carbocycles. The van der Waals surface area contributed by atoms with Crippen molar-refractivity contribution in [3.63, 3.8) is 0 Å². The number of hydrogen-bond donors (Lipinski definition) is 1. The van der Waals surface area contributed by atoms with Crippen LogP contribution in [-0.4, -0.2) is 32.3 Å². The second-order valence-electron chi connectivity index (χ2n) is 6.72. The van der Waals surface area contributed by atoms with Gasteiger partial charge in [0.2, 0.25) is 5.91 Å². The van der Waals surface area contributed by atoms with Gasteiger partial charge in [-0.05, 0) is 36.4 Å². The lowest BCUT2D eigenvalue weighted by molar-refractivity contribution is -0.131. The molecule has 3 aromatic heterocycles. The van der Waals surface area contributed by atoms with Gasteiger partial charge in [-0.3, -0.25) is 4.79 Å². The van der Waals surface area contributed by atoms with Crippen molar-refractivity contribution >= 4 is 39.6 Å². The van der Waals surface area contributed by atoms with E-state index < -0.39 is 0 Å². The Morgan fingerprint density at radius 1 is 1.22 bits per heavy atom. The van der Waals surface area contributed by atoms with Crippen molar-refractivity contribution in [2.24, 2.45) is 0 Å². The molecular weight excluding hydrogens is 376 g/mol. The van der Waals surface area contributed by atoms with Crippen LogP contribution in [0.5, 0.6) is 0 Å². The first-order valence-electron chi connectivity index (χ1n) is 8.99. The van der Waals surface area contributed by atoms with Gasteiger partial charge in [0.25, 0.3) is 0 Å². The van der Waals surface area contributed by atoms with Crippen LogP contribution in [0.15, 0.2) is 46.5 Å². The van der Waals surface area contributed by atoms with Crippen LogP contribution in [0, 0.1) is 0 Å². The Kier molecular flexibility index (Phi) is 4.26. The van der Waals surface area contributed by atoms with E-state index in [0.717, 1.165) is 52.5 Å². The molecule has 0 aliphatic carbocycles. The van der Waals surface area contributed by atoms with Crippen LogP contribution in [0.3, 0.4) is 0 Å². The highest BCUT2D eigenvalue weighted by Crippen LogP contribution is 2.32. The lowest BCUT2D eigenvalue weighted by atomic mass is 10.2. The van der Waals surface area contributed by atoms with Crippen molar-refractivity contribution in [3.8, 4) is 10.6 Å². The number of aromatic nitrogens is 3. The smallest absolute Gasteiger partial charge is 0.229 e. The molecule has 0 radical (unpaired) electrons. The molecule has 136 valence electrons. The summed E-state index contributed by atoms with van der Waals surface area (Å²) in [5.74, 6) is 1.01. The summed E-state index contributed by atoms with van der Waals surface area (Å²) in [5, 5.41) is 7.11. The molecule has 5 rings (SSSR count). The number of nitrogens with zero attached hydrogens (tertiary/aromatic N) is 3. The molecule has 1 aliphatic heterocycles. The molecule has 1 saturated heterocycles. The van der Waals surface area contributed by atoms with E-state index in [1.807, 2.05) is 39.9 Å². The number of carbonyl (C=O) groups excluding carboxylic acids is 1. The summed E-state index contributed by atoms with van der Waals surface area (Å²) in [6, 6.07) is 10.1. The molecule has 4 heterocycles. The maximum atomic E-state index is 13.0. The van der Waals surface area contributed by atoms with Gasteiger partial charge in [0.1, 0.15) is 10.8 Å². The normalized spacial score (nSPS) is 17.0. The summed E-state index contributed by atoms with van der Waals surface area (Å²) in [5.41, 5.74) is 3.95. The molecule has 0 bridgehead atoms. The van der Waals surface area contributed by atoms with Crippen molar-refractivity contribution < 1.29 is 4.79 Å². The highest BCUT2D eigenvalue weighted by molar-refractivity contribution is 7.14. The van der Waals surface area contributed by atoms with Gasteiger partial charge in [-0.2, -0.15) is 11.3 Å². The Bertz CT molecular complexity index is 1050. The van der Waals surface area contributed by atoms with Gasteiger partial charge in [0.05, 0.1) is 29.2 Å². The molecule has 1 aliphatic rings. The van der Waals surface area contributed by atoms with Crippen LogP contribution in [0.1, 0.15) is 30.4 Å². The standard InChI is InChI=1S/C20H18N4OS2/c25-18(10-14-12-27-20(21-14)13-7-9-26-11-13)24-8-3-6-17(24)19-22-15-4-1-2-5-16(15)23-19/h1-2,4-5,7,9,11-12,17H,3,6,8,10H2,(H,22,23)/t17-/m1/s1. The number of imidazole rings is 1. The van der Waals surface area contributed by atoms with Crippen molar-refractivity contribution in [3.05, 3.63) is 58.0 Å². The van der Waals surface area contributed by atoms with Crippen molar-refractivity contribution in [1.82, 2.24) is 19.9 Å². The molecular formula is C20H18N4OS2. The highest BCUT2D eigenvalue weighted by Gasteiger charge is 2.32. The number of thiophene rings is 1. The van der Waals surface area contributed by atoms with E-state index in [1.54, 1.807) is 22.7 Å².